The molecule has 0 aliphatic carbocycles. The molecule has 0 spiro atoms. The summed E-state index contributed by atoms with van der Waals surface area (Å²) in [6.45, 7) is 2.58. The molecule has 3 heterocycles. The van der Waals surface area contributed by atoms with Crippen LogP contribution < -0.4 is 9.64 Å². The molecule has 0 aromatic carbocycles. The molecule has 1 fully saturated rings. The Kier molecular flexibility index (Phi) is 4.50. The van der Waals surface area contributed by atoms with Crippen molar-refractivity contribution in [1.82, 2.24) is 15.0 Å². The third-order valence-corrected chi connectivity index (χ3v) is 3.87. The van der Waals surface area contributed by atoms with Gasteiger partial charge in [-0.1, -0.05) is 11.6 Å². The number of halogens is 1. The fraction of sp³-hybridized carbons (Fsp3) is 0.400. The molecule has 3 rings (SSSR count). The Balaban J connectivity index is 1.60. The van der Waals surface area contributed by atoms with E-state index in [1.54, 1.807) is 18.6 Å². The molecule has 0 bridgehead atoms. The summed E-state index contributed by atoms with van der Waals surface area (Å²) in [5, 5.41) is 0.605. The van der Waals surface area contributed by atoms with Gasteiger partial charge in [0, 0.05) is 31.4 Å². The summed E-state index contributed by atoms with van der Waals surface area (Å²) >= 11 is 6.17. The van der Waals surface area contributed by atoms with Gasteiger partial charge in [-0.15, -0.1) is 0 Å². The first-order valence-corrected chi connectivity index (χ1v) is 7.44. The van der Waals surface area contributed by atoms with Crippen LogP contribution in [0.3, 0.4) is 0 Å². The lowest BCUT2D eigenvalue weighted by molar-refractivity contribution is 0.228. The number of aromatic nitrogens is 3. The van der Waals surface area contributed by atoms with Gasteiger partial charge >= 0.3 is 0 Å². The highest BCUT2D eigenvalue weighted by Gasteiger charge is 2.23. The zero-order valence-corrected chi connectivity index (χ0v) is 12.4. The zero-order valence-electron chi connectivity index (χ0n) is 11.7. The van der Waals surface area contributed by atoms with Crippen LogP contribution >= 0.6 is 11.6 Å². The summed E-state index contributed by atoms with van der Waals surface area (Å²) in [7, 11) is 0. The average molecular weight is 305 g/mol. The Morgan fingerprint density at radius 3 is 2.95 bits per heavy atom. The van der Waals surface area contributed by atoms with Gasteiger partial charge in [0.2, 0.25) is 0 Å². The highest BCUT2D eigenvalue weighted by atomic mass is 35.5. The molecule has 1 saturated heterocycles. The number of anilines is 1. The second-order valence-electron chi connectivity index (χ2n) is 5.14. The molecule has 1 aliphatic heterocycles. The molecule has 0 saturated carbocycles. The second kappa shape index (κ2) is 6.72. The number of rotatable bonds is 4. The van der Waals surface area contributed by atoms with Crippen LogP contribution in [0.5, 0.6) is 5.75 Å². The Bertz CT molecular complexity index is 581. The van der Waals surface area contributed by atoms with Crippen LogP contribution in [0.25, 0.3) is 0 Å². The summed E-state index contributed by atoms with van der Waals surface area (Å²) in [5.41, 5.74) is 0. The van der Waals surface area contributed by atoms with Crippen molar-refractivity contribution in [2.24, 2.45) is 5.92 Å². The third-order valence-electron chi connectivity index (χ3n) is 3.60. The van der Waals surface area contributed by atoms with Crippen molar-refractivity contribution >= 4 is 17.4 Å². The molecule has 0 radical (unpaired) electrons. The van der Waals surface area contributed by atoms with Gasteiger partial charge in [-0.25, -0.2) is 9.97 Å². The third kappa shape index (κ3) is 3.61. The van der Waals surface area contributed by atoms with Crippen LogP contribution in [0.2, 0.25) is 5.02 Å². The summed E-state index contributed by atoms with van der Waals surface area (Å²) in [5.74, 6) is 2.15. The van der Waals surface area contributed by atoms with Gasteiger partial charge in [-0.2, -0.15) is 0 Å². The van der Waals surface area contributed by atoms with E-state index in [1.807, 2.05) is 12.1 Å². The largest absolute Gasteiger partial charge is 0.493 e. The monoisotopic (exact) mass is 304 g/mol. The van der Waals surface area contributed by atoms with Gasteiger partial charge in [0.15, 0.2) is 5.82 Å². The van der Waals surface area contributed by atoms with Gasteiger partial charge in [0.05, 0.1) is 12.8 Å². The summed E-state index contributed by atoms with van der Waals surface area (Å²) in [6, 6.07) is 3.75. The quantitative estimate of drug-likeness (QED) is 0.869. The normalized spacial score (nSPS) is 18.5. The fourth-order valence-electron chi connectivity index (χ4n) is 2.58. The smallest absolute Gasteiger partial charge is 0.150 e. The van der Waals surface area contributed by atoms with Crippen LogP contribution in [-0.2, 0) is 0 Å². The zero-order chi connectivity index (χ0) is 14.5. The number of hydrogen-bond donors (Lipinski definition) is 0. The predicted molar refractivity (Wildman–Crippen MR) is 81.7 cm³/mol. The lowest BCUT2D eigenvalue weighted by atomic mass is 9.99. The molecule has 2 aromatic rings. The Hall–Kier alpha value is -1.88. The SMILES string of the molecule is Clc1cncnc1N1CCCC(COc2ccncc2)C1. The van der Waals surface area contributed by atoms with E-state index in [2.05, 4.69) is 19.9 Å². The van der Waals surface area contributed by atoms with Crippen LogP contribution in [-0.4, -0.2) is 34.6 Å². The van der Waals surface area contributed by atoms with Gasteiger partial charge in [0.25, 0.3) is 0 Å². The van der Waals surface area contributed by atoms with Crippen LogP contribution in [0, 0.1) is 5.92 Å². The second-order valence-corrected chi connectivity index (χ2v) is 5.55. The highest BCUT2D eigenvalue weighted by molar-refractivity contribution is 6.32. The molecule has 0 amide bonds. The minimum atomic E-state index is 0.470. The summed E-state index contributed by atoms with van der Waals surface area (Å²) in [6.07, 6.45) is 8.93. The first-order valence-electron chi connectivity index (χ1n) is 7.06. The maximum Gasteiger partial charge on any atom is 0.150 e. The van der Waals surface area contributed by atoms with E-state index in [0.29, 0.717) is 17.5 Å². The van der Waals surface area contributed by atoms with Crippen molar-refractivity contribution in [3.8, 4) is 5.75 Å². The summed E-state index contributed by atoms with van der Waals surface area (Å²) in [4.78, 5) is 14.4. The Labute approximate surface area is 129 Å². The molecular formula is C15H17ClN4O. The van der Waals surface area contributed by atoms with Crippen LogP contribution in [0.1, 0.15) is 12.8 Å². The van der Waals surface area contributed by atoms with Gasteiger partial charge in [0.1, 0.15) is 17.1 Å². The molecule has 0 N–H and O–H groups in total. The van der Waals surface area contributed by atoms with Crippen molar-refractivity contribution in [3.05, 3.63) is 42.1 Å². The molecule has 110 valence electrons. The lowest BCUT2D eigenvalue weighted by Crippen LogP contribution is -2.38. The minimum absolute atomic E-state index is 0.470. The van der Waals surface area contributed by atoms with Gasteiger partial charge in [-0.3, -0.25) is 4.98 Å². The van der Waals surface area contributed by atoms with Crippen molar-refractivity contribution in [2.75, 3.05) is 24.6 Å². The summed E-state index contributed by atoms with van der Waals surface area (Å²) < 4.78 is 5.83. The maximum atomic E-state index is 6.17. The Morgan fingerprint density at radius 2 is 2.14 bits per heavy atom. The van der Waals surface area contributed by atoms with Crippen molar-refractivity contribution in [1.29, 1.82) is 0 Å². The number of nitrogens with zero attached hydrogens (tertiary/aromatic N) is 4. The molecular weight excluding hydrogens is 288 g/mol. The molecule has 2 aromatic heterocycles. The van der Waals surface area contributed by atoms with Crippen molar-refractivity contribution < 1.29 is 4.74 Å². The number of hydrogen-bond acceptors (Lipinski definition) is 5. The molecule has 6 heteroatoms. The first-order chi connectivity index (χ1) is 10.3. The Morgan fingerprint density at radius 1 is 1.29 bits per heavy atom. The first kappa shape index (κ1) is 14.1. The van der Waals surface area contributed by atoms with E-state index >= 15 is 0 Å². The predicted octanol–water partition coefficient (Wildman–Crippen LogP) is 2.82. The highest BCUT2D eigenvalue weighted by Crippen LogP contribution is 2.27. The van der Waals surface area contributed by atoms with E-state index in [9.17, 15) is 0 Å². The topological polar surface area (TPSA) is 51.1 Å². The van der Waals surface area contributed by atoms with Gasteiger partial charge in [-0.05, 0) is 25.0 Å². The van der Waals surface area contributed by atoms with E-state index in [4.69, 9.17) is 16.3 Å². The van der Waals surface area contributed by atoms with E-state index < -0.39 is 0 Å². The van der Waals surface area contributed by atoms with Gasteiger partial charge < -0.3 is 9.64 Å². The van der Waals surface area contributed by atoms with E-state index in [0.717, 1.165) is 37.5 Å². The number of ether oxygens (including phenoxy) is 1. The lowest BCUT2D eigenvalue weighted by Gasteiger charge is -2.33. The molecule has 21 heavy (non-hydrogen) atoms. The fourth-order valence-corrected chi connectivity index (χ4v) is 2.81. The van der Waals surface area contributed by atoms with Crippen LogP contribution in [0.4, 0.5) is 5.82 Å². The standard InChI is InChI=1S/C15H17ClN4O/c16-14-8-18-11-19-15(14)20-7-1-2-12(9-20)10-21-13-3-5-17-6-4-13/h3-6,8,11-12H,1-2,7,9-10H2. The van der Waals surface area contributed by atoms with E-state index in [-0.39, 0.29) is 0 Å². The molecule has 1 aliphatic rings. The number of pyridine rings is 1. The molecule has 1 unspecified atom stereocenters. The maximum absolute atomic E-state index is 6.17. The van der Waals surface area contributed by atoms with Crippen molar-refractivity contribution in [3.63, 3.8) is 0 Å². The van der Waals surface area contributed by atoms with E-state index in [1.165, 1.54) is 6.33 Å². The molecule has 1 atom stereocenters. The number of piperidine rings is 1. The van der Waals surface area contributed by atoms with Crippen molar-refractivity contribution in [2.45, 2.75) is 12.8 Å². The molecule has 5 nitrogen and oxygen atoms in total. The van der Waals surface area contributed by atoms with Crippen LogP contribution in [0.15, 0.2) is 37.1 Å². The minimum Gasteiger partial charge on any atom is -0.493 e. The average Bonchev–Trinajstić information content (AvgIpc) is 2.55.